The van der Waals surface area contributed by atoms with E-state index in [0.29, 0.717) is 18.4 Å². The summed E-state index contributed by atoms with van der Waals surface area (Å²) in [6.45, 7) is 4.35. The topological polar surface area (TPSA) is 87.4 Å². The molecule has 2 N–H and O–H groups in total. The number of hydrogen-bond donors (Lipinski definition) is 1. The van der Waals surface area contributed by atoms with Crippen LogP contribution in [0.2, 0.25) is 0 Å². The Hall–Kier alpha value is -2.70. The molecule has 7 heteroatoms. The maximum atomic E-state index is 5.75. The van der Waals surface area contributed by atoms with E-state index in [4.69, 9.17) is 5.73 Å². The number of nitrogen functional groups attached to an aromatic ring is 1. The van der Waals surface area contributed by atoms with Crippen LogP contribution in [-0.2, 0) is 6.54 Å². The van der Waals surface area contributed by atoms with Crippen LogP contribution in [0.5, 0.6) is 0 Å². The molecule has 0 radical (unpaired) electrons. The minimum absolute atomic E-state index is 0.295. The van der Waals surface area contributed by atoms with Gasteiger partial charge in [0.05, 0.1) is 11.7 Å². The van der Waals surface area contributed by atoms with Gasteiger partial charge in [-0.3, -0.25) is 4.98 Å². The predicted octanol–water partition coefficient (Wildman–Crippen LogP) is 0.780. The number of imidazole rings is 1. The highest BCUT2D eigenvalue weighted by Gasteiger charge is 2.14. The first-order chi connectivity index (χ1) is 8.81. The lowest BCUT2D eigenvalue weighted by Crippen LogP contribution is -2.10. The molecule has 0 fully saturated rings. The lowest BCUT2D eigenvalue weighted by molar-refractivity contribution is 0.735. The highest BCUT2D eigenvalue weighted by Crippen LogP contribution is 2.18. The number of pyridine rings is 1. The Labute approximate surface area is 103 Å². The van der Waals surface area contributed by atoms with Crippen molar-refractivity contribution in [1.82, 2.24) is 29.3 Å². The summed E-state index contributed by atoms with van der Waals surface area (Å²) < 4.78 is 3.44. The molecule has 0 atom stereocenters. The lowest BCUT2D eigenvalue weighted by atomic mass is 10.4. The van der Waals surface area contributed by atoms with E-state index in [-0.39, 0.29) is 0 Å². The molecule has 0 aliphatic heterocycles. The van der Waals surface area contributed by atoms with E-state index >= 15 is 0 Å². The van der Waals surface area contributed by atoms with Crippen LogP contribution in [0.3, 0.4) is 0 Å². The van der Waals surface area contributed by atoms with Crippen molar-refractivity contribution in [3.05, 3.63) is 37.4 Å². The van der Waals surface area contributed by atoms with Gasteiger partial charge in [0.1, 0.15) is 11.8 Å². The van der Waals surface area contributed by atoms with Crippen molar-refractivity contribution >= 4 is 17.0 Å². The third-order valence-electron chi connectivity index (χ3n) is 2.61. The van der Waals surface area contributed by atoms with Gasteiger partial charge in [-0.2, -0.15) is 14.8 Å². The van der Waals surface area contributed by atoms with Gasteiger partial charge in [-0.15, -0.1) is 6.58 Å². The van der Waals surface area contributed by atoms with Crippen LogP contribution < -0.4 is 5.73 Å². The third kappa shape index (κ3) is 1.45. The van der Waals surface area contributed by atoms with Gasteiger partial charge in [-0.25, -0.2) is 4.98 Å². The summed E-state index contributed by atoms with van der Waals surface area (Å²) in [4.78, 5) is 12.4. The molecular formula is C11H11N7. The maximum Gasteiger partial charge on any atom is 0.235 e. The number of anilines is 1. The first-order valence-corrected chi connectivity index (χ1v) is 5.38. The van der Waals surface area contributed by atoms with Gasteiger partial charge in [0.15, 0.2) is 0 Å². The third-order valence-corrected chi connectivity index (χ3v) is 2.61. The Balaban J connectivity index is 2.31. The zero-order chi connectivity index (χ0) is 12.5. The van der Waals surface area contributed by atoms with Crippen LogP contribution in [-0.4, -0.2) is 29.3 Å². The van der Waals surface area contributed by atoms with E-state index in [1.807, 2.05) is 10.6 Å². The van der Waals surface area contributed by atoms with E-state index in [2.05, 4.69) is 26.6 Å². The highest BCUT2D eigenvalue weighted by atomic mass is 15.4. The monoisotopic (exact) mass is 241 g/mol. The zero-order valence-corrected chi connectivity index (χ0v) is 9.56. The Bertz CT molecular complexity index is 709. The second kappa shape index (κ2) is 3.95. The van der Waals surface area contributed by atoms with Gasteiger partial charge >= 0.3 is 0 Å². The van der Waals surface area contributed by atoms with Crippen molar-refractivity contribution in [3.63, 3.8) is 0 Å². The first-order valence-electron chi connectivity index (χ1n) is 5.38. The summed E-state index contributed by atoms with van der Waals surface area (Å²) in [6.07, 6.45) is 6.60. The summed E-state index contributed by atoms with van der Waals surface area (Å²) in [5, 5.41) is 4.07. The normalized spacial score (nSPS) is 10.9. The quantitative estimate of drug-likeness (QED) is 0.684. The zero-order valence-electron chi connectivity index (χ0n) is 9.56. The van der Waals surface area contributed by atoms with Crippen molar-refractivity contribution in [2.75, 3.05) is 5.73 Å². The molecule has 0 aliphatic rings. The minimum Gasteiger partial charge on any atom is -0.368 e. The minimum atomic E-state index is 0.295. The second-order valence-corrected chi connectivity index (χ2v) is 3.71. The molecule has 3 heterocycles. The standard InChI is InChI=1S/C11H11N7/c1-2-5-17-9-3-4-13-6-8(9)16-11(17)18-10(12)14-7-15-18/h2-4,6-7H,1,5H2,(H2,12,14,15). The Kier molecular flexibility index (Phi) is 2.30. The molecule has 3 rings (SSSR count). The molecule has 0 saturated carbocycles. The summed E-state index contributed by atoms with van der Waals surface area (Å²) in [5.74, 6) is 0.900. The van der Waals surface area contributed by atoms with Crippen LogP contribution in [0, 0.1) is 0 Å². The molecule has 3 aromatic rings. The van der Waals surface area contributed by atoms with Crippen molar-refractivity contribution in [1.29, 1.82) is 0 Å². The van der Waals surface area contributed by atoms with E-state index in [1.165, 1.54) is 11.0 Å². The average molecular weight is 241 g/mol. The van der Waals surface area contributed by atoms with Crippen LogP contribution in [0.25, 0.3) is 17.0 Å². The Morgan fingerprint density at radius 3 is 3.06 bits per heavy atom. The molecular weight excluding hydrogens is 230 g/mol. The SMILES string of the molecule is C=CCn1c(-n2ncnc2N)nc2cnccc21. The van der Waals surface area contributed by atoms with E-state index in [0.717, 1.165) is 11.0 Å². The lowest BCUT2D eigenvalue weighted by Gasteiger charge is -2.06. The number of aromatic nitrogens is 6. The fourth-order valence-corrected chi connectivity index (χ4v) is 1.84. The van der Waals surface area contributed by atoms with E-state index < -0.39 is 0 Å². The predicted molar refractivity (Wildman–Crippen MR) is 67.1 cm³/mol. The smallest absolute Gasteiger partial charge is 0.235 e. The molecule has 90 valence electrons. The van der Waals surface area contributed by atoms with E-state index in [9.17, 15) is 0 Å². The van der Waals surface area contributed by atoms with Crippen molar-refractivity contribution in [2.45, 2.75) is 6.54 Å². The van der Waals surface area contributed by atoms with Crippen molar-refractivity contribution in [3.8, 4) is 5.95 Å². The van der Waals surface area contributed by atoms with E-state index in [1.54, 1.807) is 18.5 Å². The molecule has 0 unspecified atom stereocenters. The Morgan fingerprint density at radius 1 is 1.44 bits per heavy atom. The molecule has 0 bridgehead atoms. The second-order valence-electron chi connectivity index (χ2n) is 3.71. The summed E-state index contributed by atoms with van der Waals surface area (Å²) in [5.41, 5.74) is 7.49. The number of allylic oxidation sites excluding steroid dienone is 1. The number of hydrogen-bond acceptors (Lipinski definition) is 5. The van der Waals surface area contributed by atoms with Crippen LogP contribution in [0.15, 0.2) is 37.4 Å². The number of nitrogens with zero attached hydrogens (tertiary/aromatic N) is 6. The van der Waals surface area contributed by atoms with Gasteiger partial charge in [0.2, 0.25) is 11.9 Å². The molecule has 0 spiro atoms. The van der Waals surface area contributed by atoms with Crippen LogP contribution in [0.4, 0.5) is 5.95 Å². The highest BCUT2D eigenvalue weighted by molar-refractivity contribution is 5.76. The number of rotatable bonds is 3. The molecule has 18 heavy (non-hydrogen) atoms. The van der Waals surface area contributed by atoms with Crippen molar-refractivity contribution < 1.29 is 0 Å². The van der Waals surface area contributed by atoms with Gasteiger partial charge < -0.3 is 10.3 Å². The van der Waals surface area contributed by atoms with Gasteiger partial charge in [0.25, 0.3) is 0 Å². The molecule has 0 amide bonds. The fourth-order valence-electron chi connectivity index (χ4n) is 1.84. The fraction of sp³-hybridized carbons (Fsp3) is 0.0909. The molecule has 0 aromatic carbocycles. The van der Waals surface area contributed by atoms with Gasteiger partial charge in [-0.05, 0) is 6.07 Å². The maximum absolute atomic E-state index is 5.75. The van der Waals surface area contributed by atoms with Gasteiger partial charge in [-0.1, -0.05) is 6.08 Å². The number of fused-ring (bicyclic) bond motifs is 1. The molecule has 3 aromatic heterocycles. The largest absolute Gasteiger partial charge is 0.368 e. The Morgan fingerprint density at radius 2 is 2.33 bits per heavy atom. The first kappa shape index (κ1) is 10.5. The summed E-state index contributed by atoms with van der Waals surface area (Å²) >= 11 is 0. The van der Waals surface area contributed by atoms with Gasteiger partial charge in [0, 0.05) is 12.7 Å². The molecule has 0 aliphatic carbocycles. The van der Waals surface area contributed by atoms with Crippen LogP contribution >= 0.6 is 0 Å². The molecule has 7 nitrogen and oxygen atoms in total. The van der Waals surface area contributed by atoms with Crippen LogP contribution in [0.1, 0.15) is 0 Å². The number of nitrogens with two attached hydrogens (primary N) is 1. The summed E-state index contributed by atoms with van der Waals surface area (Å²) in [6, 6.07) is 1.89. The summed E-state index contributed by atoms with van der Waals surface area (Å²) in [7, 11) is 0. The van der Waals surface area contributed by atoms with Crippen molar-refractivity contribution in [2.24, 2.45) is 0 Å². The average Bonchev–Trinajstić information content (AvgIpc) is 2.94. The molecule has 0 saturated heterocycles.